The van der Waals surface area contributed by atoms with Crippen LogP contribution in [-0.2, 0) is 0 Å². The van der Waals surface area contributed by atoms with Crippen LogP contribution in [0, 0.1) is 25.1 Å². The van der Waals surface area contributed by atoms with E-state index in [1.54, 1.807) is 0 Å². The zero-order valence-corrected chi connectivity index (χ0v) is 23.0. The maximum absolute atomic E-state index is 13.9. The van der Waals surface area contributed by atoms with Gasteiger partial charge in [0.15, 0.2) is 0 Å². The number of anilines is 1. The number of aromatic nitrogens is 2. The summed E-state index contributed by atoms with van der Waals surface area (Å²) in [5.74, 6) is 0.848. The molecule has 2 aromatic carbocycles. The summed E-state index contributed by atoms with van der Waals surface area (Å²) in [6.45, 7) is 6.22. The molecule has 1 aliphatic heterocycles. The molecule has 0 atom stereocenters. The van der Waals surface area contributed by atoms with Crippen LogP contribution in [0.15, 0.2) is 47.0 Å². The van der Waals surface area contributed by atoms with Gasteiger partial charge < -0.3 is 9.42 Å². The number of piperidine rings is 1. The fourth-order valence-electron chi connectivity index (χ4n) is 6.34. The van der Waals surface area contributed by atoms with Gasteiger partial charge in [0.1, 0.15) is 17.3 Å². The monoisotopic (exact) mass is 547 g/mol. The van der Waals surface area contributed by atoms with Gasteiger partial charge in [0, 0.05) is 46.9 Å². The summed E-state index contributed by atoms with van der Waals surface area (Å²) in [5.41, 5.74) is 8.28. The number of hydrogen-bond acceptors (Lipinski definition) is 4. The molecule has 0 unspecified atom stereocenters. The molecule has 0 radical (unpaired) electrons. The Bertz CT molecular complexity index is 1610. The van der Waals surface area contributed by atoms with Gasteiger partial charge in [0.05, 0.1) is 15.6 Å². The van der Waals surface area contributed by atoms with Crippen molar-refractivity contribution in [2.45, 2.75) is 51.9 Å². The molecule has 7 rings (SSSR count). The van der Waals surface area contributed by atoms with Crippen LogP contribution in [0.1, 0.15) is 60.6 Å². The zero-order valence-electron chi connectivity index (χ0n) is 21.5. The molecule has 38 heavy (non-hydrogen) atoms. The van der Waals surface area contributed by atoms with E-state index in [1.807, 2.05) is 6.92 Å². The van der Waals surface area contributed by atoms with Crippen molar-refractivity contribution in [3.8, 4) is 11.3 Å². The lowest BCUT2D eigenvalue weighted by molar-refractivity contribution is 0.277. The van der Waals surface area contributed by atoms with E-state index in [4.69, 9.17) is 32.7 Å². The van der Waals surface area contributed by atoms with Gasteiger partial charge in [-0.2, -0.15) is 0 Å². The normalized spacial score (nSPS) is 18.7. The number of pyridine rings is 1. The molecule has 2 aromatic heterocycles. The SMILES string of the molecule is Cc1cc(C)c2cc(N3CCC4(C=C(c5c(-c6c(Cl)cc(F)cc6Cl)noc5C5CC5)C4)CC3)ccc2n1. The molecule has 3 heterocycles. The van der Waals surface area contributed by atoms with Gasteiger partial charge in [-0.3, -0.25) is 4.98 Å². The molecule has 4 aromatic rings. The van der Waals surface area contributed by atoms with Gasteiger partial charge in [-0.25, -0.2) is 4.39 Å². The Balaban J connectivity index is 1.16. The van der Waals surface area contributed by atoms with Gasteiger partial charge in [-0.05, 0) is 98.9 Å². The van der Waals surface area contributed by atoms with Crippen LogP contribution in [0.4, 0.5) is 10.1 Å². The zero-order chi connectivity index (χ0) is 26.2. The van der Waals surface area contributed by atoms with E-state index in [9.17, 15) is 4.39 Å². The topological polar surface area (TPSA) is 42.2 Å². The fourth-order valence-corrected chi connectivity index (χ4v) is 6.98. The van der Waals surface area contributed by atoms with Gasteiger partial charge in [0.25, 0.3) is 0 Å². The second kappa shape index (κ2) is 8.82. The van der Waals surface area contributed by atoms with Crippen molar-refractivity contribution < 1.29 is 8.91 Å². The first kappa shape index (κ1) is 24.2. The maximum atomic E-state index is 13.9. The van der Waals surface area contributed by atoms with E-state index in [0.29, 0.717) is 17.2 Å². The number of allylic oxidation sites excluding steroid dienone is 2. The number of hydrogen-bond donors (Lipinski definition) is 0. The lowest BCUT2D eigenvalue weighted by Gasteiger charge is -2.47. The molecule has 1 saturated carbocycles. The van der Waals surface area contributed by atoms with E-state index in [2.05, 4.69) is 47.3 Å². The molecule has 4 nitrogen and oxygen atoms in total. The molecule has 1 spiro atoms. The molecular weight excluding hydrogens is 520 g/mol. The number of nitrogens with zero attached hydrogens (tertiary/aromatic N) is 3. The Labute approximate surface area is 231 Å². The Morgan fingerprint density at radius 3 is 2.39 bits per heavy atom. The van der Waals surface area contributed by atoms with Crippen LogP contribution < -0.4 is 4.90 Å². The summed E-state index contributed by atoms with van der Waals surface area (Å²) in [6, 6.07) is 11.4. The summed E-state index contributed by atoms with van der Waals surface area (Å²) >= 11 is 12.9. The molecule has 7 heteroatoms. The highest BCUT2D eigenvalue weighted by Gasteiger charge is 2.44. The minimum Gasteiger partial charge on any atom is -0.371 e. The summed E-state index contributed by atoms with van der Waals surface area (Å²) < 4.78 is 19.7. The third kappa shape index (κ3) is 4.02. The number of aryl methyl sites for hydroxylation is 2. The minimum absolute atomic E-state index is 0.184. The largest absolute Gasteiger partial charge is 0.371 e. The highest BCUT2D eigenvalue weighted by Crippen LogP contribution is 2.56. The summed E-state index contributed by atoms with van der Waals surface area (Å²) in [7, 11) is 0. The van der Waals surface area contributed by atoms with Gasteiger partial charge >= 0.3 is 0 Å². The minimum atomic E-state index is -0.460. The van der Waals surface area contributed by atoms with Gasteiger partial charge in [0.2, 0.25) is 0 Å². The Hall–Kier alpha value is -2.89. The Morgan fingerprint density at radius 2 is 1.71 bits per heavy atom. The molecule has 0 N–H and O–H groups in total. The van der Waals surface area contributed by atoms with Crippen molar-refractivity contribution in [3.05, 3.63) is 80.9 Å². The van der Waals surface area contributed by atoms with E-state index < -0.39 is 5.82 Å². The smallest absolute Gasteiger partial charge is 0.147 e. The number of halogens is 3. The predicted octanol–water partition coefficient (Wildman–Crippen LogP) is 8.90. The van der Waals surface area contributed by atoms with E-state index in [0.717, 1.165) is 67.7 Å². The molecule has 0 bridgehead atoms. The third-order valence-electron chi connectivity index (χ3n) is 8.51. The highest BCUT2D eigenvalue weighted by atomic mass is 35.5. The highest BCUT2D eigenvalue weighted by molar-refractivity contribution is 6.39. The molecule has 1 saturated heterocycles. The molecule has 0 amide bonds. The van der Waals surface area contributed by atoms with Crippen molar-refractivity contribution in [1.82, 2.24) is 10.1 Å². The van der Waals surface area contributed by atoms with Crippen molar-refractivity contribution in [2.75, 3.05) is 18.0 Å². The molecule has 2 fully saturated rings. The molecule has 2 aliphatic carbocycles. The maximum Gasteiger partial charge on any atom is 0.147 e. The standard InChI is InChI=1S/C31H28Cl2FN3O/c1-17-11-18(2)35-26-6-5-22(14-23(17)26)37-9-7-31(8-10-37)15-20(16-31)27-29(36-38-30(27)19-3-4-19)28-24(32)12-21(34)13-25(28)33/h5-6,11-15,19H,3-4,7-10,16H2,1-2H3. The number of rotatable bonds is 4. The van der Waals surface area contributed by atoms with E-state index in [-0.39, 0.29) is 15.5 Å². The average molecular weight is 548 g/mol. The second-order valence-electron chi connectivity index (χ2n) is 11.3. The van der Waals surface area contributed by atoms with Crippen LogP contribution in [0.25, 0.3) is 27.7 Å². The van der Waals surface area contributed by atoms with Crippen LogP contribution in [0.5, 0.6) is 0 Å². The lowest BCUT2D eigenvalue weighted by Crippen LogP contribution is -2.42. The van der Waals surface area contributed by atoms with Crippen LogP contribution in [-0.4, -0.2) is 23.2 Å². The van der Waals surface area contributed by atoms with Crippen LogP contribution in [0.2, 0.25) is 10.0 Å². The third-order valence-corrected chi connectivity index (χ3v) is 9.10. The first-order chi connectivity index (χ1) is 18.3. The summed E-state index contributed by atoms with van der Waals surface area (Å²) in [4.78, 5) is 7.19. The van der Waals surface area contributed by atoms with E-state index in [1.165, 1.54) is 34.3 Å². The first-order valence-electron chi connectivity index (χ1n) is 13.3. The molecule has 194 valence electrons. The van der Waals surface area contributed by atoms with Crippen molar-refractivity contribution in [2.24, 2.45) is 5.41 Å². The Kier molecular flexibility index (Phi) is 5.61. The van der Waals surface area contributed by atoms with Crippen molar-refractivity contribution in [3.63, 3.8) is 0 Å². The quantitative estimate of drug-likeness (QED) is 0.255. The van der Waals surface area contributed by atoms with Crippen LogP contribution in [0.3, 0.4) is 0 Å². The number of benzene rings is 2. The predicted molar refractivity (Wildman–Crippen MR) is 152 cm³/mol. The van der Waals surface area contributed by atoms with Crippen molar-refractivity contribution in [1.29, 1.82) is 0 Å². The summed E-state index contributed by atoms with van der Waals surface area (Å²) in [5, 5.41) is 6.14. The summed E-state index contributed by atoms with van der Waals surface area (Å²) in [6.07, 6.45) is 7.79. The fraction of sp³-hybridized carbons (Fsp3) is 0.355. The lowest BCUT2D eigenvalue weighted by atomic mass is 9.63. The molecular formula is C31H28Cl2FN3O. The van der Waals surface area contributed by atoms with Gasteiger partial charge in [-0.15, -0.1) is 0 Å². The molecule has 3 aliphatic rings. The van der Waals surface area contributed by atoms with Crippen LogP contribution >= 0.6 is 23.2 Å². The first-order valence-corrected chi connectivity index (χ1v) is 14.1. The second-order valence-corrected chi connectivity index (χ2v) is 12.1. The van der Waals surface area contributed by atoms with Crippen molar-refractivity contribution >= 4 is 45.4 Å². The van der Waals surface area contributed by atoms with E-state index >= 15 is 0 Å². The number of fused-ring (bicyclic) bond motifs is 1. The van der Waals surface area contributed by atoms with Gasteiger partial charge in [-0.1, -0.05) is 34.4 Å². The Morgan fingerprint density at radius 1 is 1.00 bits per heavy atom. The average Bonchev–Trinajstić information content (AvgIpc) is 3.62.